The second kappa shape index (κ2) is 13.5. The number of aromatic nitrogens is 1. The van der Waals surface area contributed by atoms with Gasteiger partial charge in [0.15, 0.2) is 13.2 Å². The Morgan fingerprint density at radius 3 is 1.72 bits per heavy atom. The molecule has 8 nitrogen and oxygen atoms in total. The van der Waals surface area contributed by atoms with Crippen LogP contribution in [0.3, 0.4) is 0 Å². The average Bonchev–Trinajstić information content (AvgIpc) is 3.07. The number of nitrogens with zero attached hydrogens (tertiary/aromatic N) is 3. The SMILES string of the molecule is Cc1cc(-c2ccc3c(c2)OCC(=O)N3Cc2ccccc2)cn(C)c1=O.O=C1COc2cc(Br)ccc2N1Cc1ccccc1. The number of halogens is 1. The van der Waals surface area contributed by atoms with Crippen LogP contribution in [0.25, 0.3) is 11.1 Å². The Morgan fingerprint density at radius 1 is 0.652 bits per heavy atom. The van der Waals surface area contributed by atoms with Gasteiger partial charge in [-0.1, -0.05) is 82.7 Å². The second-order valence-electron chi connectivity index (χ2n) is 11.1. The molecule has 0 N–H and O–H groups in total. The van der Waals surface area contributed by atoms with Crippen molar-refractivity contribution in [1.29, 1.82) is 0 Å². The van der Waals surface area contributed by atoms with Gasteiger partial charge in [-0.2, -0.15) is 0 Å². The first-order valence-corrected chi connectivity index (χ1v) is 15.6. The van der Waals surface area contributed by atoms with E-state index >= 15 is 0 Å². The summed E-state index contributed by atoms with van der Waals surface area (Å²) in [6.07, 6.45) is 1.81. The van der Waals surface area contributed by atoms with E-state index in [0.29, 0.717) is 24.4 Å². The highest BCUT2D eigenvalue weighted by Gasteiger charge is 2.27. The fourth-order valence-corrected chi connectivity index (χ4v) is 5.82. The minimum absolute atomic E-state index is 0.00686. The summed E-state index contributed by atoms with van der Waals surface area (Å²) in [4.78, 5) is 39.9. The lowest BCUT2D eigenvalue weighted by Crippen LogP contribution is -2.38. The van der Waals surface area contributed by atoms with Crippen LogP contribution in [-0.4, -0.2) is 29.6 Å². The standard InChI is InChI=1S/C22H20N2O3.C15H12BrNO2/c1-15-10-18(13-23(2)22(15)26)17-8-9-19-20(11-17)27-14-21(25)24(19)12-16-6-4-3-5-7-16;16-12-6-7-13-14(8-12)19-10-15(18)17(13)9-11-4-2-1-3-5-11/h3-11,13H,12,14H2,1-2H3;1-8H,9-10H2. The summed E-state index contributed by atoms with van der Waals surface area (Å²) in [6, 6.07) is 33.2. The molecule has 0 atom stereocenters. The molecule has 5 aromatic rings. The van der Waals surface area contributed by atoms with E-state index < -0.39 is 0 Å². The summed E-state index contributed by atoms with van der Waals surface area (Å²) < 4.78 is 13.7. The molecule has 2 aliphatic heterocycles. The number of fused-ring (bicyclic) bond motifs is 2. The van der Waals surface area contributed by atoms with Crippen molar-refractivity contribution in [2.75, 3.05) is 23.0 Å². The first-order chi connectivity index (χ1) is 22.3. The number of anilines is 2. The molecule has 0 bridgehead atoms. The van der Waals surface area contributed by atoms with Gasteiger partial charge in [0.05, 0.1) is 24.5 Å². The summed E-state index contributed by atoms with van der Waals surface area (Å²) in [5.74, 6) is 1.34. The monoisotopic (exact) mass is 677 g/mol. The Hall–Kier alpha value is -5.15. The van der Waals surface area contributed by atoms with Crippen molar-refractivity contribution in [3.63, 3.8) is 0 Å². The van der Waals surface area contributed by atoms with Crippen LogP contribution in [0.1, 0.15) is 16.7 Å². The minimum atomic E-state index is -0.0583. The van der Waals surface area contributed by atoms with Gasteiger partial charge in [0, 0.05) is 23.3 Å². The predicted molar refractivity (Wildman–Crippen MR) is 182 cm³/mol. The van der Waals surface area contributed by atoms with Gasteiger partial charge in [0.1, 0.15) is 11.5 Å². The Balaban J connectivity index is 0.000000172. The molecule has 3 heterocycles. The van der Waals surface area contributed by atoms with Gasteiger partial charge in [-0.05, 0) is 65.6 Å². The maximum absolute atomic E-state index is 12.4. The third-order valence-electron chi connectivity index (χ3n) is 7.83. The van der Waals surface area contributed by atoms with E-state index in [1.54, 1.807) is 28.3 Å². The normalized spacial score (nSPS) is 13.5. The molecule has 4 aromatic carbocycles. The van der Waals surface area contributed by atoms with E-state index in [-0.39, 0.29) is 30.6 Å². The van der Waals surface area contributed by atoms with Crippen molar-refractivity contribution in [1.82, 2.24) is 4.57 Å². The van der Waals surface area contributed by atoms with Crippen molar-refractivity contribution < 1.29 is 19.1 Å². The minimum Gasteiger partial charge on any atom is -0.482 e. The lowest BCUT2D eigenvalue weighted by Gasteiger charge is -2.30. The number of carbonyl (C=O) groups is 2. The molecule has 0 radical (unpaired) electrons. The van der Waals surface area contributed by atoms with Crippen molar-refractivity contribution >= 4 is 39.1 Å². The number of aryl methyl sites for hydroxylation is 2. The lowest BCUT2D eigenvalue weighted by atomic mass is 10.0. The van der Waals surface area contributed by atoms with Crippen LogP contribution in [-0.2, 0) is 29.7 Å². The van der Waals surface area contributed by atoms with Gasteiger partial charge in [0.25, 0.3) is 17.4 Å². The van der Waals surface area contributed by atoms with E-state index in [9.17, 15) is 14.4 Å². The number of benzene rings is 4. The van der Waals surface area contributed by atoms with Gasteiger partial charge < -0.3 is 23.8 Å². The summed E-state index contributed by atoms with van der Waals surface area (Å²) in [7, 11) is 1.74. The van der Waals surface area contributed by atoms with Crippen LogP contribution in [0.5, 0.6) is 11.5 Å². The molecular weight excluding hydrogens is 646 g/mol. The van der Waals surface area contributed by atoms with E-state index in [1.807, 2.05) is 109 Å². The highest BCUT2D eigenvalue weighted by Crippen LogP contribution is 2.37. The maximum atomic E-state index is 12.4. The van der Waals surface area contributed by atoms with Gasteiger partial charge in [0.2, 0.25) is 0 Å². The first kappa shape index (κ1) is 30.9. The van der Waals surface area contributed by atoms with E-state index in [4.69, 9.17) is 9.47 Å². The maximum Gasteiger partial charge on any atom is 0.265 e. The molecular formula is C37H32BrN3O5. The van der Waals surface area contributed by atoms with Crippen LogP contribution in [0.2, 0.25) is 0 Å². The fourth-order valence-electron chi connectivity index (χ4n) is 5.48. The number of amides is 2. The molecule has 0 saturated heterocycles. The zero-order chi connectivity index (χ0) is 32.2. The Bertz CT molecular complexity index is 1930. The smallest absolute Gasteiger partial charge is 0.265 e. The zero-order valence-corrected chi connectivity index (χ0v) is 27.1. The number of hydrogen-bond acceptors (Lipinski definition) is 5. The number of carbonyl (C=O) groups excluding carboxylic acids is 2. The first-order valence-electron chi connectivity index (χ1n) is 14.8. The molecule has 7 rings (SSSR count). The lowest BCUT2D eigenvalue weighted by molar-refractivity contribution is -0.122. The molecule has 0 saturated carbocycles. The second-order valence-corrected chi connectivity index (χ2v) is 12.0. The van der Waals surface area contributed by atoms with Crippen LogP contribution < -0.4 is 24.8 Å². The van der Waals surface area contributed by atoms with Crippen molar-refractivity contribution in [2.45, 2.75) is 20.0 Å². The fraction of sp³-hybridized carbons (Fsp3) is 0.162. The predicted octanol–water partition coefficient (Wildman–Crippen LogP) is 6.66. The largest absolute Gasteiger partial charge is 0.482 e. The Morgan fingerprint density at radius 2 is 1.17 bits per heavy atom. The Kier molecular flexibility index (Phi) is 9.03. The van der Waals surface area contributed by atoms with E-state index in [2.05, 4.69) is 15.9 Å². The van der Waals surface area contributed by atoms with Crippen molar-refractivity contribution in [3.05, 3.63) is 141 Å². The van der Waals surface area contributed by atoms with E-state index in [0.717, 1.165) is 43.9 Å². The van der Waals surface area contributed by atoms with Gasteiger partial charge in [-0.25, -0.2) is 0 Å². The molecule has 1 aromatic heterocycles. The third-order valence-corrected chi connectivity index (χ3v) is 8.32. The van der Waals surface area contributed by atoms with E-state index in [1.165, 1.54) is 0 Å². The highest BCUT2D eigenvalue weighted by molar-refractivity contribution is 9.10. The van der Waals surface area contributed by atoms with Gasteiger partial charge in [-0.3, -0.25) is 14.4 Å². The number of pyridine rings is 1. The molecule has 0 unspecified atom stereocenters. The summed E-state index contributed by atoms with van der Waals surface area (Å²) in [6.45, 7) is 3.00. The zero-order valence-electron chi connectivity index (χ0n) is 25.5. The highest BCUT2D eigenvalue weighted by atomic mass is 79.9. The molecule has 0 fully saturated rings. The topological polar surface area (TPSA) is 81.1 Å². The molecule has 0 spiro atoms. The molecule has 232 valence electrons. The van der Waals surface area contributed by atoms with Crippen LogP contribution >= 0.6 is 15.9 Å². The number of rotatable bonds is 5. The average molecular weight is 679 g/mol. The van der Waals surface area contributed by atoms with Gasteiger partial charge in [-0.15, -0.1) is 0 Å². The summed E-state index contributed by atoms with van der Waals surface area (Å²) in [5, 5.41) is 0. The van der Waals surface area contributed by atoms with Crippen LogP contribution in [0.4, 0.5) is 11.4 Å². The molecule has 46 heavy (non-hydrogen) atoms. The molecule has 2 amide bonds. The van der Waals surface area contributed by atoms with Crippen LogP contribution in [0, 0.1) is 6.92 Å². The quantitative estimate of drug-likeness (QED) is 0.208. The van der Waals surface area contributed by atoms with Crippen LogP contribution in [0.15, 0.2) is 119 Å². The number of ether oxygens (including phenoxy) is 2. The molecule has 9 heteroatoms. The number of hydrogen-bond donors (Lipinski definition) is 0. The summed E-state index contributed by atoms with van der Waals surface area (Å²) >= 11 is 3.41. The van der Waals surface area contributed by atoms with Gasteiger partial charge >= 0.3 is 0 Å². The molecule has 0 aliphatic carbocycles. The Labute approximate surface area is 275 Å². The van der Waals surface area contributed by atoms with Crippen molar-refractivity contribution in [2.24, 2.45) is 7.05 Å². The third kappa shape index (κ3) is 6.74. The molecule has 2 aliphatic rings. The van der Waals surface area contributed by atoms with Crippen molar-refractivity contribution in [3.8, 4) is 22.6 Å². The summed E-state index contributed by atoms with van der Waals surface area (Å²) in [5.41, 5.74) is 6.32.